The van der Waals surface area contributed by atoms with E-state index in [1.807, 2.05) is 0 Å². The maximum absolute atomic E-state index is 4.76. The van der Waals surface area contributed by atoms with E-state index >= 15 is 0 Å². The van der Waals surface area contributed by atoms with Crippen LogP contribution in [0.3, 0.4) is 0 Å². The summed E-state index contributed by atoms with van der Waals surface area (Å²) in [6.07, 6.45) is 0. The van der Waals surface area contributed by atoms with Crippen LogP contribution in [0.5, 0.6) is 0 Å². The van der Waals surface area contributed by atoms with Crippen molar-refractivity contribution in [3.05, 3.63) is 64.0 Å². The lowest BCUT2D eigenvalue weighted by Crippen LogP contribution is -1.91. The summed E-state index contributed by atoms with van der Waals surface area (Å²) >= 11 is 1.70. The van der Waals surface area contributed by atoms with Gasteiger partial charge in [0.2, 0.25) is 0 Å². The third-order valence-corrected chi connectivity index (χ3v) is 4.77. The molecule has 0 fully saturated rings. The highest BCUT2D eigenvalue weighted by Crippen LogP contribution is 2.32. The van der Waals surface area contributed by atoms with Crippen LogP contribution in [0.2, 0.25) is 0 Å². The number of hydrogen-bond acceptors (Lipinski definition) is 3. The fourth-order valence-electron chi connectivity index (χ4n) is 2.37. The molecule has 0 bridgehead atoms. The number of anilines is 2. The van der Waals surface area contributed by atoms with Crippen molar-refractivity contribution in [1.29, 1.82) is 0 Å². The molecule has 112 valence electrons. The van der Waals surface area contributed by atoms with E-state index in [0.29, 0.717) is 0 Å². The maximum Gasteiger partial charge on any atom is 0.187 e. The van der Waals surface area contributed by atoms with Crippen LogP contribution in [0.25, 0.3) is 11.3 Å². The molecule has 0 aliphatic rings. The van der Waals surface area contributed by atoms with Crippen molar-refractivity contribution in [1.82, 2.24) is 4.98 Å². The fraction of sp³-hybridized carbons (Fsp3) is 0.211. The lowest BCUT2D eigenvalue weighted by atomic mass is 10.1. The molecular formula is C19H20N2S. The smallest absolute Gasteiger partial charge is 0.187 e. The minimum atomic E-state index is 0.941. The summed E-state index contributed by atoms with van der Waals surface area (Å²) in [5, 5.41) is 4.36. The van der Waals surface area contributed by atoms with Gasteiger partial charge in [0.05, 0.1) is 5.69 Å². The number of aromatic nitrogens is 1. The molecule has 2 nitrogen and oxygen atoms in total. The number of benzene rings is 2. The van der Waals surface area contributed by atoms with Crippen molar-refractivity contribution >= 4 is 22.2 Å². The van der Waals surface area contributed by atoms with Crippen molar-refractivity contribution < 1.29 is 0 Å². The van der Waals surface area contributed by atoms with Crippen LogP contribution in [0.15, 0.2) is 42.5 Å². The monoisotopic (exact) mass is 308 g/mol. The van der Waals surface area contributed by atoms with Gasteiger partial charge in [-0.05, 0) is 51.0 Å². The molecule has 22 heavy (non-hydrogen) atoms. The van der Waals surface area contributed by atoms with Crippen LogP contribution < -0.4 is 5.32 Å². The van der Waals surface area contributed by atoms with Crippen LogP contribution >= 0.6 is 11.3 Å². The minimum Gasteiger partial charge on any atom is -0.332 e. The average Bonchev–Trinajstić information content (AvgIpc) is 2.84. The van der Waals surface area contributed by atoms with E-state index in [2.05, 4.69) is 75.5 Å². The van der Waals surface area contributed by atoms with E-state index in [4.69, 9.17) is 4.98 Å². The van der Waals surface area contributed by atoms with Crippen LogP contribution in [0.4, 0.5) is 10.8 Å². The number of thiazole rings is 1. The summed E-state index contributed by atoms with van der Waals surface area (Å²) in [6, 6.07) is 14.9. The van der Waals surface area contributed by atoms with Crippen molar-refractivity contribution in [2.24, 2.45) is 0 Å². The second-order valence-electron chi connectivity index (χ2n) is 5.71. The Kier molecular flexibility index (Phi) is 3.99. The van der Waals surface area contributed by atoms with E-state index < -0.39 is 0 Å². The zero-order chi connectivity index (χ0) is 15.7. The number of hydrogen-bond donors (Lipinski definition) is 1. The predicted molar refractivity (Wildman–Crippen MR) is 96.2 cm³/mol. The Balaban J connectivity index is 1.88. The van der Waals surface area contributed by atoms with Crippen LogP contribution in [0.1, 0.15) is 21.6 Å². The van der Waals surface area contributed by atoms with Crippen molar-refractivity contribution in [3.8, 4) is 11.3 Å². The Morgan fingerprint density at radius 3 is 2.27 bits per heavy atom. The number of rotatable bonds is 3. The Morgan fingerprint density at radius 1 is 0.864 bits per heavy atom. The van der Waals surface area contributed by atoms with E-state index in [9.17, 15) is 0 Å². The normalized spacial score (nSPS) is 10.7. The molecule has 3 heteroatoms. The standard InChI is InChI=1S/C19H20N2S/c1-12-5-8-16(9-6-12)18-15(4)22-19(21-18)20-17-10-7-13(2)14(3)11-17/h5-11H,1-4H3,(H,20,21). The zero-order valence-electron chi connectivity index (χ0n) is 13.4. The molecule has 0 aliphatic heterocycles. The maximum atomic E-state index is 4.76. The Bertz CT molecular complexity index is 801. The van der Waals surface area contributed by atoms with Gasteiger partial charge in [0, 0.05) is 16.1 Å². The Hall–Kier alpha value is -2.13. The van der Waals surface area contributed by atoms with Crippen LogP contribution in [-0.2, 0) is 0 Å². The zero-order valence-corrected chi connectivity index (χ0v) is 14.2. The van der Waals surface area contributed by atoms with Crippen LogP contribution in [-0.4, -0.2) is 4.98 Å². The van der Waals surface area contributed by atoms with Gasteiger partial charge >= 0.3 is 0 Å². The molecule has 2 aromatic carbocycles. The summed E-state index contributed by atoms with van der Waals surface area (Å²) in [5.41, 5.74) is 7.19. The molecule has 0 saturated carbocycles. The number of nitrogens with zero attached hydrogens (tertiary/aromatic N) is 1. The first kappa shape index (κ1) is 14.8. The van der Waals surface area contributed by atoms with Gasteiger partial charge < -0.3 is 5.32 Å². The molecule has 0 atom stereocenters. The van der Waals surface area contributed by atoms with Gasteiger partial charge in [-0.2, -0.15) is 0 Å². The molecule has 0 aliphatic carbocycles. The lowest BCUT2D eigenvalue weighted by Gasteiger charge is -2.05. The number of nitrogens with one attached hydrogen (secondary N) is 1. The van der Waals surface area contributed by atoms with Crippen molar-refractivity contribution in [2.75, 3.05) is 5.32 Å². The first-order chi connectivity index (χ1) is 10.5. The van der Waals surface area contributed by atoms with Gasteiger partial charge in [0.25, 0.3) is 0 Å². The first-order valence-corrected chi connectivity index (χ1v) is 8.23. The Labute approximate surface area is 135 Å². The summed E-state index contributed by atoms with van der Waals surface area (Å²) < 4.78 is 0. The van der Waals surface area contributed by atoms with Gasteiger partial charge in [0.15, 0.2) is 5.13 Å². The largest absolute Gasteiger partial charge is 0.332 e. The summed E-state index contributed by atoms with van der Waals surface area (Å²) in [7, 11) is 0. The highest BCUT2D eigenvalue weighted by Gasteiger charge is 2.10. The average molecular weight is 308 g/mol. The molecule has 3 rings (SSSR count). The lowest BCUT2D eigenvalue weighted by molar-refractivity contribution is 1.32. The highest BCUT2D eigenvalue weighted by molar-refractivity contribution is 7.16. The summed E-state index contributed by atoms with van der Waals surface area (Å²) in [6.45, 7) is 8.48. The van der Waals surface area contributed by atoms with Crippen molar-refractivity contribution in [3.63, 3.8) is 0 Å². The number of aryl methyl sites for hydroxylation is 4. The quantitative estimate of drug-likeness (QED) is 0.662. The fourth-order valence-corrected chi connectivity index (χ4v) is 3.23. The van der Waals surface area contributed by atoms with Gasteiger partial charge in [-0.3, -0.25) is 0 Å². The SMILES string of the molecule is Cc1ccc(-c2nc(Nc3ccc(C)c(C)c3)sc2C)cc1. The van der Waals surface area contributed by atoms with Gasteiger partial charge in [-0.15, -0.1) is 11.3 Å². The molecule has 1 N–H and O–H groups in total. The summed E-state index contributed by atoms with van der Waals surface area (Å²) in [4.78, 5) is 6.00. The third-order valence-electron chi connectivity index (χ3n) is 3.88. The highest BCUT2D eigenvalue weighted by atomic mass is 32.1. The van der Waals surface area contributed by atoms with Crippen LogP contribution in [0, 0.1) is 27.7 Å². The molecule has 3 aromatic rings. The molecule has 1 aromatic heterocycles. The minimum absolute atomic E-state index is 0.941. The first-order valence-electron chi connectivity index (χ1n) is 7.41. The summed E-state index contributed by atoms with van der Waals surface area (Å²) in [5.74, 6) is 0. The molecule has 0 radical (unpaired) electrons. The van der Waals surface area contributed by atoms with E-state index in [-0.39, 0.29) is 0 Å². The molecule has 0 unspecified atom stereocenters. The van der Waals surface area contributed by atoms with E-state index in [0.717, 1.165) is 16.5 Å². The second kappa shape index (κ2) is 5.93. The molecule has 0 saturated heterocycles. The van der Waals surface area contributed by atoms with E-state index in [1.54, 1.807) is 11.3 Å². The predicted octanol–water partition coefficient (Wildman–Crippen LogP) is 5.79. The molecule has 1 heterocycles. The Morgan fingerprint density at radius 2 is 1.59 bits per heavy atom. The molecular weight excluding hydrogens is 288 g/mol. The van der Waals surface area contributed by atoms with Gasteiger partial charge in [0.1, 0.15) is 0 Å². The van der Waals surface area contributed by atoms with Gasteiger partial charge in [-0.25, -0.2) is 4.98 Å². The molecule has 0 amide bonds. The van der Waals surface area contributed by atoms with Crippen molar-refractivity contribution in [2.45, 2.75) is 27.7 Å². The third kappa shape index (κ3) is 3.04. The second-order valence-corrected chi connectivity index (χ2v) is 6.92. The molecule has 0 spiro atoms. The van der Waals surface area contributed by atoms with E-state index in [1.165, 1.54) is 27.1 Å². The van der Waals surface area contributed by atoms with Gasteiger partial charge in [-0.1, -0.05) is 35.9 Å². The topological polar surface area (TPSA) is 24.9 Å².